The van der Waals surface area contributed by atoms with Crippen molar-refractivity contribution in [2.24, 2.45) is 0 Å². The maximum atomic E-state index is 12.8. The summed E-state index contributed by atoms with van der Waals surface area (Å²) in [5.41, 5.74) is 0.326. The first kappa shape index (κ1) is 8.80. The number of aromatic amines is 1. The number of nitrogens with zero attached hydrogens (tertiary/aromatic N) is 2. The molecule has 1 aromatic heterocycles. The van der Waals surface area contributed by atoms with Crippen LogP contribution >= 0.6 is 0 Å². The number of rotatable bonds is 1. The standard InChI is InChI=1S/C9H7F2N3/c1-5-12-9(14-13-5)6-2-7(10)4-8(11)3-6/h2-4H,1H3,(H,12,13,14). The molecule has 1 heterocycles. The first-order valence-electron chi connectivity index (χ1n) is 4.00. The number of hydrogen-bond acceptors (Lipinski definition) is 2. The average Bonchev–Trinajstić information content (AvgIpc) is 2.50. The molecule has 1 N–H and O–H groups in total. The molecule has 1 aromatic carbocycles. The molecule has 0 bridgehead atoms. The van der Waals surface area contributed by atoms with Crippen LogP contribution in [0.4, 0.5) is 8.78 Å². The summed E-state index contributed by atoms with van der Waals surface area (Å²) in [5, 5.41) is 6.40. The summed E-state index contributed by atoms with van der Waals surface area (Å²) >= 11 is 0. The Labute approximate surface area is 78.8 Å². The second-order valence-corrected chi connectivity index (χ2v) is 2.90. The smallest absolute Gasteiger partial charge is 0.181 e. The van der Waals surface area contributed by atoms with Crippen molar-refractivity contribution in [3.05, 3.63) is 35.7 Å². The zero-order valence-corrected chi connectivity index (χ0v) is 7.38. The molecule has 0 aliphatic rings. The predicted molar refractivity (Wildman–Crippen MR) is 46.5 cm³/mol. The zero-order chi connectivity index (χ0) is 10.1. The van der Waals surface area contributed by atoms with Crippen molar-refractivity contribution in [3.63, 3.8) is 0 Å². The van der Waals surface area contributed by atoms with E-state index in [-0.39, 0.29) is 0 Å². The fraction of sp³-hybridized carbons (Fsp3) is 0.111. The molecule has 0 spiro atoms. The second-order valence-electron chi connectivity index (χ2n) is 2.90. The van der Waals surface area contributed by atoms with E-state index in [1.807, 2.05) is 0 Å². The summed E-state index contributed by atoms with van der Waals surface area (Å²) in [5.74, 6) is -0.379. The Kier molecular flexibility index (Phi) is 1.99. The minimum atomic E-state index is -0.637. The van der Waals surface area contributed by atoms with Crippen LogP contribution in [0.2, 0.25) is 0 Å². The van der Waals surface area contributed by atoms with Crippen LogP contribution in [0.15, 0.2) is 18.2 Å². The van der Waals surface area contributed by atoms with Crippen molar-refractivity contribution >= 4 is 0 Å². The van der Waals surface area contributed by atoms with Gasteiger partial charge < -0.3 is 0 Å². The maximum absolute atomic E-state index is 12.8. The quantitative estimate of drug-likeness (QED) is 0.756. The number of halogens is 2. The van der Waals surface area contributed by atoms with Gasteiger partial charge in [0.15, 0.2) is 5.82 Å². The van der Waals surface area contributed by atoms with E-state index in [1.165, 1.54) is 12.1 Å². The lowest BCUT2D eigenvalue weighted by molar-refractivity contribution is 0.584. The normalized spacial score (nSPS) is 10.5. The largest absolute Gasteiger partial charge is 0.263 e. The van der Waals surface area contributed by atoms with Gasteiger partial charge in [0, 0.05) is 11.6 Å². The fourth-order valence-corrected chi connectivity index (χ4v) is 1.15. The molecule has 0 aliphatic heterocycles. The Morgan fingerprint density at radius 3 is 2.29 bits per heavy atom. The van der Waals surface area contributed by atoms with Gasteiger partial charge in [-0.1, -0.05) is 0 Å². The Bertz CT molecular complexity index is 445. The van der Waals surface area contributed by atoms with Gasteiger partial charge in [0.1, 0.15) is 17.5 Å². The number of nitrogens with one attached hydrogen (secondary N) is 1. The van der Waals surface area contributed by atoms with Crippen molar-refractivity contribution < 1.29 is 8.78 Å². The van der Waals surface area contributed by atoms with Gasteiger partial charge in [-0.15, -0.1) is 0 Å². The fourth-order valence-electron chi connectivity index (χ4n) is 1.15. The molecule has 0 saturated carbocycles. The van der Waals surface area contributed by atoms with E-state index in [0.717, 1.165) is 6.07 Å². The van der Waals surface area contributed by atoms with E-state index in [0.29, 0.717) is 17.2 Å². The Morgan fingerprint density at radius 1 is 1.14 bits per heavy atom. The van der Waals surface area contributed by atoms with Gasteiger partial charge in [-0.05, 0) is 19.1 Å². The van der Waals surface area contributed by atoms with E-state index < -0.39 is 11.6 Å². The molecule has 0 aliphatic carbocycles. The minimum Gasteiger partial charge on any atom is -0.263 e. The molecular formula is C9H7F2N3. The molecule has 14 heavy (non-hydrogen) atoms. The maximum Gasteiger partial charge on any atom is 0.181 e. The van der Waals surface area contributed by atoms with Crippen LogP contribution < -0.4 is 0 Å². The summed E-state index contributed by atoms with van der Waals surface area (Å²) in [6.45, 7) is 1.71. The van der Waals surface area contributed by atoms with Crippen LogP contribution in [-0.4, -0.2) is 15.2 Å². The summed E-state index contributed by atoms with van der Waals surface area (Å²) in [6.07, 6.45) is 0. The van der Waals surface area contributed by atoms with Gasteiger partial charge in [-0.3, -0.25) is 5.10 Å². The lowest BCUT2D eigenvalue weighted by Crippen LogP contribution is -1.85. The zero-order valence-electron chi connectivity index (χ0n) is 7.38. The predicted octanol–water partition coefficient (Wildman–Crippen LogP) is 2.06. The minimum absolute atomic E-state index is 0.293. The van der Waals surface area contributed by atoms with E-state index in [1.54, 1.807) is 6.92 Å². The average molecular weight is 195 g/mol. The summed E-state index contributed by atoms with van der Waals surface area (Å²) < 4.78 is 25.6. The summed E-state index contributed by atoms with van der Waals surface area (Å²) in [7, 11) is 0. The number of H-pyrrole nitrogens is 1. The van der Waals surface area contributed by atoms with Gasteiger partial charge >= 0.3 is 0 Å². The van der Waals surface area contributed by atoms with E-state index in [2.05, 4.69) is 15.2 Å². The molecule has 2 rings (SSSR count). The van der Waals surface area contributed by atoms with Crippen LogP contribution in [0.25, 0.3) is 11.4 Å². The lowest BCUT2D eigenvalue weighted by Gasteiger charge is -1.95. The summed E-state index contributed by atoms with van der Waals surface area (Å²) in [6, 6.07) is 3.18. The van der Waals surface area contributed by atoms with Gasteiger partial charge in [0.25, 0.3) is 0 Å². The highest BCUT2D eigenvalue weighted by atomic mass is 19.1. The molecule has 0 unspecified atom stereocenters. The summed E-state index contributed by atoms with van der Waals surface area (Å²) in [4.78, 5) is 3.96. The highest BCUT2D eigenvalue weighted by Crippen LogP contribution is 2.17. The van der Waals surface area contributed by atoms with Gasteiger partial charge in [0.05, 0.1) is 0 Å². The highest BCUT2D eigenvalue weighted by molar-refractivity contribution is 5.54. The number of benzene rings is 1. The number of aryl methyl sites for hydroxylation is 1. The van der Waals surface area contributed by atoms with E-state index in [4.69, 9.17) is 0 Å². The first-order chi connectivity index (χ1) is 6.65. The van der Waals surface area contributed by atoms with E-state index in [9.17, 15) is 8.78 Å². The molecule has 3 nitrogen and oxygen atoms in total. The first-order valence-corrected chi connectivity index (χ1v) is 4.00. The number of aromatic nitrogens is 3. The van der Waals surface area contributed by atoms with Gasteiger partial charge in [0.2, 0.25) is 0 Å². The molecule has 0 radical (unpaired) electrons. The van der Waals surface area contributed by atoms with Crippen molar-refractivity contribution in [1.82, 2.24) is 15.2 Å². The monoisotopic (exact) mass is 195 g/mol. The molecular weight excluding hydrogens is 188 g/mol. The molecule has 2 aromatic rings. The molecule has 72 valence electrons. The number of hydrogen-bond donors (Lipinski definition) is 1. The van der Waals surface area contributed by atoms with Crippen molar-refractivity contribution in [1.29, 1.82) is 0 Å². The van der Waals surface area contributed by atoms with Crippen molar-refractivity contribution in [2.75, 3.05) is 0 Å². The third kappa shape index (κ3) is 1.61. The highest BCUT2D eigenvalue weighted by Gasteiger charge is 2.06. The Balaban J connectivity index is 2.51. The van der Waals surface area contributed by atoms with Gasteiger partial charge in [-0.2, -0.15) is 5.10 Å². The molecule has 0 saturated heterocycles. The van der Waals surface area contributed by atoms with E-state index >= 15 is 0 Å². The third-order valence-corrected chi connectivity index (χ3v) is 1.72. The van der Waals surface area contributed by atoms with Crippen molar-refractivity contribution in [2.45, 2.75) is 6.92 Å². The van der Waals surface area contributed by atoms with Crippen LogP contribution in [0.1, 0.15) is 5.82 Å². The van der Waals surface area contributed by atoms with Crippen LogP contribution in [-0.2, 0) is 0 Å². The Morgan fingerprint density at radius 2 is 1.79 bits per heavy atom. The third-order valence-electron chi connectivity index (χ3n) is 1.72. The van der Waals surface area contributed by atoms with Gasteiger partial charge in [-0.25, -0.2) is 13.8 Å². The van der Waals surface area contributed by atoms with Crippen molar-refractivity contribution in [3.8, 4) is 11.4 Å². The Hall–Kier alpha value is -1.78. The van der Waals surface area contributed by atoms with Crippen LogP contribution in [0.3, 0.4) is 0 Å². The molecule has 0 amide bonds. The molecule has 0 atom stereocenters. The topological polar surface area (TPSA) is 41.6 Å². The molecule has 0 fully saturated rings. The second kappa shape index (κ2) is 3.17. The molecule has 5 heteroatoms. The van der Waals surface area contributed by atoms with Crippen LogP contribution in [0, 0.1) is 18.6 Å². The lowest BCUT2D eigenvalue weighted by atomic mass is 10.2. The van der Waals surface area contributed by atoms with Crippen LogP contribution in [0.5, 0.6) is 0 Å². The SMILES string of the molecule is Cc1nc(-c2cc(F)cc(F)c2)n[nH]1.